The molecule has 2 aliphatic heterocycles. The predicted molar refractivity (Wildman–Crippen MR) is 89.8 cm³/mol. The molecule has 122 valence electrons. The minimum Gasteiger partial charge on any atom is -0.483 e. The summed E-state index contributed by atoms with van der Waals surface area (Å²) < 4.78 is 5.79. The molecule has 0 spiro atoms. The Morgan fingerprint density at radius 3 is 2.64 bits per heavy atom. The molecule has 3 rings (SSSR count). The number of hydrogen-bond acceptors (Lipinski definition) is 3. The smallest absolute Gasteiger partial charge is 0.260 e. The number of carbonyl (C=O) groups excluding carboxylic acids is 1. The zero-order chi connectivity index (χ0) is 14.8. The van der Waals surface area contributed by atoms with Crippen molar-refractivity contribution in [2.75, 3.05) is 19.7 Å². The summed E-state index contributed by atoms with van der Waals surface area (Å²) in [6, 6.07) is 7.12. The molecule has 2 heterocycles. The van der Waals surface area contributed by atoms with Gasteiger partial charge in [-0.25, -0.2) is 0 Å². The van der Waals surface area contributed by atoms with E-state index in [1.807, 2.05) is 36.9 Å². The van der Waals surface area contributed by atoms with E-state index in [-0.39, 0.29) is 24.9 Å². The number of amides is 1. The molecule has 22 heavy (non-hydrogen) atoms. The lowest BCUT2D eigenvalue weighted by molar-refractivity contribution is -0.133. The second-order valence-corrected chi connectivity index (χ2v) is 6.28. The molecule has 5 heteroatoms. The first-order chi connectivity index (χ1) is 10.1. The van der Waals surface area contributed by atoms with Gasteiger partial charge < -0.3 is 15.0 Å². The molecule has 2 atom stereocenters. The number of nitrogens with zero attached hydrogens (tertiary/aromatic N) is 1. The monoisotopic (exact) mass is 324 g/mol. The van der Waals surface area contributed by atoms with Crippen molar-refractivity contribution in [2.45, 2.75) is 45.2 Å². The van der Waals surface area contributed by atoms with Crippen molar-refractivity contribution in [3.05, 3.63) is 29.3 Å². The lowest BCUT2D eigenvalue weighted by atomic mass is 10.1. The number of likely N-dealkylation sites (tertiary alicyclic amines) is 1. The van der Waals surface area contributed by atoms with Gasteiger partial charge in [0.15, 0.2) is 6.61 Å². The number of halogens is 1. The number of rotatable bonds is 3. The summed E-state index contributed by atoms with van der Waals surface area (Å²) in [4.78, 5) is 14.4. The predicted octanol–water partition coefficient (Wildman–Crippen LogP) is 2.46. The Morgan fingerprint density at radius 1 is 1.23 bits per heavy atom. The number of carbonyl (C=O) groups is 1. The first-order valence-electron chi connectivity index (χ1n) is 7.86. The molecule has 1 aromatic carbocycles. The molecule has 0 radical (unpaired) electrons. The number of nitrogens with one attached hydrogen (secondary N) is 1. The normalized spacial score (nSPS) is 23.6. The van der Waals surface area contributed by atoms with E-state index >= 15 is 0 Å². The van der Waals surface area contributed by atoms with E-state index in [4.69, 9.17) is 4.74 Å². The van der Waals surface area contributed by atoms with E-state index in [2.05, 4.69) is 5.32 Å². The molecule has 2 bridgehead atoms. The minimum absolute atomic E-state index is 0. The minimum atomic E-state index is 0. The highest BCUT2D eigenvalue weighted by Crippen LogP contribution is 2.23. The summed E-state index contributed by atoms with van der Waals surface area (Å²) in [7, 11) is 0. The van der Waals surface area contributed by atoms with Crippen molar-refractivity contribution in [3.63, 3.8) is 0 Å². The molecule has 2 aliphatic rings. The highest BCUT2D eigenvalue weighted by molar-refractivity contribution is 5.85. The fourth-order valence-corrected chi connectivity index (χ4v) is 3.42. The Labute approximate surface area is 138 Å². The van der Waals surface area contributed by atoms with Crippen molar-refractivity contribution < 1.29 is 9.53 Å². The highest BCUT2D eigenvalue weighted by atomic mass is 35.5. The second kappa shape index (κ2) is 7.34. The summed E-state index contributed by atoms with van der Waals surface area (Å²) in [5.74, 6) is 0.951. The highest BCUT2D eigenvalue weighted by Gasteiger charge is 2.31. The third-order valence-electron chi connectivity index (χ3n) is 4.62. The fourth-order valence-electron chi connectivity index (χ4n) is 3.42. The van der Waals surface area contributed by atoms with Gasteiger partial charge in [-0.05, 0) is 44.2 Å². The Kier molecular flexibility index (Phi) is 5.70. The molecule has 2 saturated heterocycles. The van der Waals surface area contributed by atoms with Crippen molar-refractivity contribution in [3.8, 4) is 5.75 Å². The molecule has 0 aliphatic carbocycles. The van der Waals surface area contributed by atoms with Crippen LogP contribution in [0.15, 0.2) is 18.2 Å². The van der Waals surface area contributed by atoms with Crippen LogP contribution < -0.4 is 10.1 Å². The van der Waals surface area contributed by atoms with Crippen LogP contribution in [0.5, 0.6) is 5.75 Å². The number of aryl methyl sites for hydroxylation is 2. The number of benzene rings is 1. The van der Waals surface area contributed by atoms with Crippen LogP contribution in [-0.4, -0.2) is 42.6 Å². The van der Waals surface area contributed by atoms with Crippen LogP contribution >= 0.6 is 12.4 Å². The van der Waals surface area contributed by atoms with Gasteiger partial charge in [-0.3, -0.25) is 4.79 Å². The molecular formula is C17H25ClN2O2. The maximum Gasteiger partial charge on any atom is 0.260 e. The van der Waals surface area contributed by atoms with E-state index in [0.29, 0.717) is 12.1 Å². The second-order valence-electron chi connectivity index (χ2n) is 6.28. The number of fused-ring (bicyclic) bond motifs is 2. The largest absolute Gasteiger partial charge is 0.483 e. The van der Waals surface area contributed by atoms with Crippen LogP contribution in [0.3, 0.4) is 0 Å². The molecule has 1 amide bonds. The van der Waals surface area contributed by atoms with Gasteiger partial charge in [0.25, 0.3) is 5.91 Å². The van der Waals surface area contributed by atoms with Crippen LogP contribution in [0.25, 0.3) is 0 Å². The summed E-state index contributed by atoms with van der Waals surface area (Å²) in [6.45, 7) is 5.85. The van der Waals surface area contributed by atoms with E-state index in [1.165, 1.54) is 12.8 Å². The van der Waals surface area contributed by atoms with E-state index in [1.54, 1.807) is 0 Å². The lowest BCUT2D eigenvalue weighted by Gasteiger charge is -2.24. The molecule has 2 unspecified atom stereocenters. The molecule has 2 fully saturated rings. The Bertz CT molecular complexity index is 515. The van der Waals surface area contributed by atoms with E-state index in [9.17, 15) is 4.79 Å². The van der Waals surface area contributed by atoms with Crippen LogP contribution in [0.1, 0.15) is 30.4 Å². The maximum absolute atomic E-state index is 12.4. The van der Waals surface area contributed by atoms with Crippen LogP contribution in [0, 0.1) is 13.8 Å². The first kappa shape index (κ1) is 17.1. The summed E-state index contributed by atoms with van der Waals surface area (Å²) >= 11 is 0. The van der Waals surface area contributed by atoms with Gasteiger partial charge in [0, 0.05) is 25.2 Å². The third-order valence-corrected chi connectivity index (χ3v) is 4.62. The van der Waals surface area contributed by atoms with Gasteiger partial charge in [0.1, 0.15) is 5.75 Å². The third kappa shape index (κ3) is 3.73. The summed E-state index contributed by atoms with van der Waals surface area (Å²) in [6.07, 6.45) is 3.50. The average molecular weight is 325 g/mol. The van der Waals surface area contributed by atoms with Gasteiger partial charge in [-0.1, -0.05) is 18.2 Å². The Hall–Kier alpha value is -1.26. The van der Waals surface area contributed by atoms with Crippen molar-refractivity contribution in [1.82, 2.24) is 10.2 Å². The van der Waals surface area contributed by atoms with Crippen LogP contribution in [0.4, 0.5) is 0 Å². The average Bonchev–Trinajstić information content (AvgIpc) is 2.77. The standard InChI is InChI=1S/C17H24N2O2.ClH/c1-12-4-3-5-13(2)17(12)21-11-16(20)19-9-8-14-6-7-15(10-19)18-14;/h3-5,14-15,18H,6-11H2,1-2H3;1H. The Balaban J connectivity index is 0.00000176. The molecule has 0 aromatic heterocycles. The van der Waals surface area contributed by atoms with Gasteiger partial charge >= 0.3 is 0 Å². The van der Waals surface area contributed by atoms with Crippen molar-refractivity contribution in [2.24, 2.45) is 0 Å². The number of ether oxygens (including phenoxy) is 1. The van der Waals surface area contributed by atoms with Crippen molar-refractivity contribution in [1.29, 1.82) is 0 Å². The van der Waals surface area contributed by atoms with Gasteiger partial charge in [0.05, 0.1) is 0 Å². The van der Waals surface area contributed by atoms with Crippen LogP contribution in [-0.2, 0) is 4.79 Å². The molecule has 0 saturated carbocycles. The van der Waals surface area contributed by atoms with Gasteiger partial charge in [-0.15, -0.1) is 12.4 Å². The number of para-hydroxylation sites is 1. The first-order valence-corrected chi connectivity index (χ1v) is 7.86. The quantitative estimate of drug-likeness (QED) is 0.928. The fraction of sp³-hybridized carbons (Fsp3) is 0.588. The van der Waals surface area contributed by atoms with Crippen molar-refractivity contribution >= 4 is 18.3 Å². The van der Waals surface area contributed by atoms with Crippen LogP contribution in [0.2, 0.25) is 0 Å². The zero-order valence-electron chi connectivity index (χ0n) is 13.3. The molecule has 1 N–H and O–H groups in total. The van der Waals surface area contributed by atoms with Gasteiger partial charge in [-0.2, -0.15) is 0 Å². The lowest BCUT2D eigenvalue weighted by Crippen LogP contribution is -2.41. The topological polar surface area (TPSA) is 41.6 Å². The SMILES string of the molecule is Cc1cccc(C)c1OCC(=O)N1CCC2CCC(C1)N2.Cl. The van der Waals surface area contributed by atoms with E-state index in [0.717, 1.165) is 36.4 Å². The summed E-state index contributed by atoms with van der Waals surface area (Å²) in [5, 5.41) is 3.59. The summed E-state index contributed by atoms with van der Waals surface area (Å²) in [5.41, 5.74) is 2.17. The molecular weight excluding hydrogens is 300 g/mol. The zero-order valence-corrected chi connectivity index (χ0v) is 14.1. The van der Waals surface area contributed by atoms with Gasteiger partial charge in [0.2, 0.25) is 0 Å². The van der Waals surface area contributed by atoms with E-state index < -0.39 is 0 Å². The number of hydrogen-bond donors (Lipinski definition) is 1. The maximum atomic E-state index is 12.4. The Morgan fingerprint density at radius 2 is 1.91 bits per heavy atom. The molecule has 4 nitrogen and oxygen atoms in total. The molecule has 1 aromatic rings.